The molecule has 1 unspecified atom stereocenters. The van der Waals surface area contributed by atoms with Gasteiger partial charge in [0.1, 0.15) is 0 Å². The van der Waals surface area contributed by atoms with Crippen molar-refractivity contribution in [2.75, 3.05) is 34.4 Å². The fourth-order valence-corrected chi connectivity index (χ4v) is 2.81. The Balaban J connectivity index is 0.00000288. The summed E-state index contributed by atoms with van der Waals surface area (Å²) >= 11 is 0. The van der Waals surface area contributed by atoms with Crippen LogP contribution in [0.1, 0.15) is 24.8 Å². The van der Waals surface area contributed by atoms with Crippen LogP contribution in [0.3, 0.4) is 0 Å². The number of rotatable bonds is 7. The highest BCUT2D eigenvalue weighted by Crippen LogP contribution is 2.38. The van der Waals surface area contributed by atoms with E-state index in [0.717, 1.165) is 31.5 Å². The molecule has 0 aromatic heterocycles. The van der Waals surface area contributed by atoms with Crippen LogP contribution in [0, 0.1) is 0 Å². The summed E-state index contributed by atoms with van der Waals surface area (Å²) in [7, 11) is 4.75. The zero-order valence-electron chi connectivity index (χ0n) is 14.5. The molecule has 136 valence electrons. The molecule has 1 saturated heterocycles. The van der Waals surface area contributed by atoms with Gasteiger partial charge in [-0.3, -0.25) is 4.79 Å². The smallest absolute Gasteiger partial charge is 0.220 e. The fourth-order valence-electron chi connectivity index (χ4n) is 2.81. The molecule has 1 atom stereocenters. The van der Waals surface area contributed by atoms with Crippen LogP contribution in [0.2, 0.25) is 0 Å². The Hall–Kier alpha value is -1.66. The predicted octanol–water partition coefficient (Wildman–Crippen LogP) is 1.94. The van der Waals surface area contributed by atoms with Gasteiger partial charge in [0.25, 0.3) is 0 Å². The maximum Gasteiger partial charge on any atom is 0.220 e. The standard InChI is InChI=1S/C17H26N2O4.ClH/c1-21-14-9-12(10-15(22-2)17(14)23-3)6-7-16(20)19-13-5-4-8-18-11-13;/h9-10,13,18H,4-8,11H2,1-3H3,(H,19,20);1H. The number of halogens is 1. The molecule has 0 aliphatic carbocycles. The van der Waals surface area contributed by atoms with Crippen molar-refractivity contribution in [2.45, 2.75) is 31.7 Å². The molecular weight excluding hydrogens is 332 g/mol. The summed E-state index contributed by atoms with van der Waals surface area (Å²) in [6.45, 7) is 1.90. The molecule has 1 aromatic carbocycles. The average Bonchev–Trinajstić information content (AvgIpc) is 2.59. The van der Waals surface area contributed by atoms with Crippen molar-refractivity contribution < 1.29 is 19.0 Å². The highest BCUT2D eigenvalue weighted by Gasteiger charge is 2.16. The predicted molar refractivity (Wildman–Crippen MR) is 95.7 cm³/mol. The van der Waals surface area contributed by atoms with E-state index in [-0.39, 0.29) is 24.4 Å². The molecule has 6 nitrogen and oxygen atoms in total. The lowest BCUT2D eigenvalue weighted by atomic mass is 10.1. The maximum atomic E-state index is 12.1. The Bertz CT molecular complexity index is 508. The molecule has 1 aliphatic rings. The van der Waals surface area contributed by atoms with E-state index in [0.29, 0.717) is 30.1 Å². The number of benzene rings is 1. The van der Waals surface area contributed by atoms with Crippen molar-refractivity contribution in [2.24, 2.45) is 0 Å². The third-order valence-corrected chi connectivity index (χ3v) is 4.03. The van der Waals surface area contributed by atoms with Crippen LogP contribution in [0.5, 0.6) is 17.2 Å². The molecule has 0 radical (unpaired) electrons. The van der Waals surface area contributed by atoms with E-state index in [1.165, 1.54) is 0 Å². The molecule has 7 heteroatoms. The first-order valence-electron chi connectivity index (χ1n) is 7.97. The summed E-state index contributed by atoms with van der Waals surface area (Å²) in [5, 5.41) is 6.38. The molecule has 2 rings (SSSR count). The molecule has 0 spiro atoms. The second-order valence-electron chi connectivity index (χ2n) is 5.64. The van der Waals surface area contributed by atoms with Crippen molar-refractivity contribution in [3.05, 3.63) is 17.7 Å². The minimum atomic E-state index is 0. The van der Waals surface area contributed by atoms with Crippen LogP contribution in [0.4, 0.5) is 0 Å². The van der Waals surface area contributed by atoms with Crippen LogP contribution in [-0.4, -0.2) is 46.4 Å². The largest absolute Gasteiger partial charge is 0.493 e. The number of carbonyl (C=O) groups is 1. The minimum Gasteiger partial charge on any atom is -0.493 e. The number of carbonyl (C=O) groups excluding carboxylic acids is 1. The van der Waals surface area contributed by atoms with E-state index in [1.54, 1.807) is 21.3 Å². The van der Waals surface area contributed by atoms with Gasteiger partial charge in [-0.2, -0.15) is 0 Å². The van der Waals surface area contributed by atoms with Crippen LogP contribution in [0.15, 0.2) is 12.1 Å². The zero-order valence-corrected chi connectivity index (χ0v) is 15.3. The van der Waals surface area contributed by atoms with Crippen molar-refractivity contribution in [1.82, 2.24) is 10.6 Å². The van der Waals surface area contributed by atoms with E-state index in [2.05, 4.69) is 10.6 Å². The number of hydrogen-bond acceptors (Lipinski definition) is 5. The van der Waals surface area contributed by atoms with E-state index < -0.39 is 0 Å². The number of piperidine rings is 1. The van der Waals surface area contributed by atoms with Gasteiger partial charge in [-0.1, -0.05) is 0 Å². The SMILES string of the molecule is COc1cc(CCC(=O)NC2CCCNC2)cc(OC)c1OC.Cl. The molecule has 1 heterocycles. The van der Waals surface area contributed by atoms with Crippen molar-refractivity contribution in [3.8, 4) is 17.2 Å². The second kappa shape index (κ2) is 10.3. The Labute approximate surface area is 149 Å². The summed E-state index contributed by atoms with van der Waals surface area (Å²) < 4.78 is 16.0. The lowest BCUT2D eigenvalue weighted by molar-refractivity contribution is -0.121. The minimum absolute atomic E-state index is 0. The van der Waals surface area contributed by atoms with Gasteiger partial charge in [-0.25, -0.2) is 0 Å². The van der Waals surface area contributed by atoms with Crippen LogP contribution >= 0.6 is 12.4 Å². The van der Waals surface area contributed by atoms with Gasteiger partial charge in [0.05, 0.1) is 21.3 Å². The van der Waals surface area contributed by atoms with Gasteiger partial charge in [0.2, 0.25) is 11.7 Å². The number of ether oxygens (including phenoxy) is 3. The lowest BCUT2D eigenvalue weighted by Gasteiger charge is -2.23. The van der Waals surface area contributed by atoms with E-state index in [1.807, 2.05) is 12.1 Å². The average molecular weight is 359 g/mol. The fraction of sp³-hybridized carbons (Fsp3) is 0.588. The number of methoxy groups -OCH3 is 3. The topological polar surface area (TPSA) is 68.8 Å². The maximum absolute atomic E-state index is 12.1. The number of hydrogen-bond donors (Lipinski definition) is 2. The van der Waals surface area contributed by atoms with Gasteiger partial charge < -0.3 is 24.8 Å². The summed E-state index contributed by atoms with van der Waals surface area (Å²) in [6, 6.07) is 4.02. The Kier molecular flexibility index (Phi) is 8.71. The molecule has 0 bridgehead atoms. The molecule has 2 N–H and O–H groups in total. The molecule has 1 amide bonds. The van der Waals surface area contributed by atoms with Crippen molar-refractivity contribution >= 4 is 18.3 Å². The van der Waals surface area contributed by atoms with E-state index in [4.69, 9.17) is 14.2 Å². The highest BCUT2D eigenvalue weighted by atomic mass is 35.5. The van der Waals surface area contributed by atoms with Crippen molar-refractivity contribution in [3.63, 3.8) is 0 Å². The first kappa shape index (κ1) is 20.4. The Morgan fingerprint density at radius 3 is 2.38 bits per heavy atom. The van der Waals surface area contributed by atoms with Gasteiger partial charge in [-0.05, 0) is 43.5 Å². The van der Waals surface area contributed by atoms with E-state index in [9.17, 15) is 4.79 Å². The molecule has 1 aromatic rings. The third-order valence-electron chi connectivity index (χ3n) is 4.03. The zero-order chi connectivity index (χ0) is 16.7. The summed E-state index contributed by atoms with van der Waals surface area (Å²) in [6.07, 6.45) is 3.22. The van der Waals surface area contributed by atoms with Gasteiger partial charge >= 0.3 is 0 Å². The summed E-state index contributed by atoms with van der Waals surface area (Å²) in [5.41, 5.74) is 0.983. The molecule has 24 heavy (non-hydrogen) atoms. The first-order valence-corrected chi connectivity index (χ1v) is 7.97. The summed E-state index contributed by atoms with van der Waals surface area (Å²) in [4.78, 5) is 12.1. The van der Waals surface area contributed by atoms with Crippen LogP contribution < -0.4 is 24.8 Å². The van der Waals surface area contributed by atoms with Crippen molar-refractivity contribution in [1.29, 1.82) is 0 Å². The van der Waals surface area contributed by atoms with Gasteiger partial charge in [-0.15, -0.1) is 12.4 Å². The molecule has 1 fully saturated rings. The number of nitrogens with one attached hydrogen (secondary N) is 2. The Morgan fingerprint density at radius 1 is 1.21 bits per heavy atom. The molecule has 1 aliphatic heterocycles. The van der Waals surface area contributed by atoms with Gasteiger partial charge in [0, 0.05) is 19.0 Å². The molecule has 0 saturated carbocycles. The van der Waals surface area contributed by atoms with E-state index >= 15 is 0 Å². The number of aryl methyl sites for hydroxylation is 1. The monoisotopic (exact) mass is 358 g/mol. The Morgan fingerprint density at radius 2 is 1.88 bits per heavy atom. The second-order valence-corrected chi connectivity index (χ2v) is 5.64. The highest BCUT2D eigenvalue weighted by molar-refractivity contribution is 5.85. The quantitative estimate of drug-likeness (QED) is 0.779. The summed E-state index contributed by atoms with van der Waals surface area (Å²) in [5.74, 6) is 1.86. The van der Waals surface area contributed by atoms with Crippen LogP contribution in [0.25, 0.3) is 0 Å². The third kappa shape index (κ3) is 5.46. The number of amides is 1. The molecular formula is C17H27ClN2O4. The van der Waals surface area contributed by atoms with Gasteiger partial charge in [0.15, 0.2) is 11.5 Å². The van der Waals surface area contributed by atoms with Crippen LogP contribution in [-0.2, 0) is 11.2 Å². The lowest BCUT2D eigenvalue weighted by Crippen LogP contribution is -2.45. The normalized spacial score (nSPS) is 16.7. The first-order chi connectivity index (χ1) is 11.2.